The van der Waals surface area contributed by atoms with Gasteiger partial charge in [-0.2, -0.15) is 13.2 Å². The van der Waals surface area contributed by atoms with Gasteiger partial charge in [-0.25, -0.2) is 4.79 Å². The van der Waals surface area contributed by atoms with Crippen molar-refractivity contribution in [2.75, 3.05) is 13.1 Å². The first-order valence-electron chi connectivity index (χ1n) is 5.79. The quantitative estimate of drug-likeness (QED) is 0.867. The molecule has 106 valence electrons. The summed E-state index contributed by atoms with van der Waals surface area (Å²) >= 11 is 0. The minimum atomic E-state index is -4.25. The number of hydrogen-bond acceptors (Lipinski definition) is 3. The van der Waals surface area contributed by atoms with Crippen LogP contribution in [0.5, 0.6) is 0 Å². The van der Waals surface area contributed by atoms with Crippen LogP contribution in [0, 0.1) is 0 Å². The second-order valence-electron chi connectivity index (χ2n) is 4.17. The maximum Gasteiger partial charge on any atom is 0.401 e. The van der Waals surface area contributed by atoms with E-state index in [9.17, 15) is 18.0 Å². The van der Waals surface area contributed by atoms with Crippen LogP contribution in [0.25, 0.3) is 0 Å². The van der Waals surface area contributed by atoms with Gasteiger partial charge in [-0.15, -0.1) is 0 Å². The highest BCUT2D eigenvalue weighted by atomic mass is 19.4. The van der Waals surface area contributed by atoms with E-state index < -0.39 is 18.7 Å². The second-order valence-corrected chi connectivity index (χ2v) is 4.17. The van der Waals surface area contributed by atoms with Crippen LogP contribution in [0.4, 0.5) is 13.2 Å². The molecule has 0 aliphatic heterocycles. The summed E-state index contributed by atoms with van der Waals surface area (Å²) in [5.41, 5.74) is 0.435. The van der Waals surface area contributed by atoms with Crippen molar-refractivity contribution in [2.24, 2.45) is 0 Å². The predicted octanol–water partition coefficient (Wildman–Crippen LogP) is 2.55. The van der Waals surface area contributed by atoms with Crippen molar-refractivity contribution < 1.29 is 23.1 Å². The van der Waals surface area contributed by atoms with Crippen molar-refractivity contribution in [3.8, 4) is 0 Å². The van der Waals surface area contributed by atoms with Crippen LogP contribution in [0.2, 0.25) is 0 Å². The van der Waals surface area contributed by atoms with E-state index in [1.807, 2.05) is 0 Å². The van der Waals surface area contributed by atoms with E-state index >= 15 is 0 Å². The van der Waals surface area contributed by atoms with Crippen molar-refractivity contribution in [1.29, 1.82) is 0 Å². The maximum atomic E-state index is 12.4. The molecule has 0 aliphatic carbocycles. The summed E-state index contributed by atoms with van der Waals surface area (Å²) in [6, 6.07) is 2.77. The number of nitrogens with zero attached hydrogens (tertiary/aromatic N) is 2. The first-order valence-corrected chi connectivity index (χ1v) is 5.79. The number of aromatic carboxylic acids is 1. The number of carboxylic acids is 1. The molecule has 1 rings (SSSR count). The van der Waals surface area contributed by atoms with E-state index in [1.165, 1.54) is 17.0 Å². The Hall–Kier alpha value is -1.63. The van der Waals surface area contributed by atoms with Crippen LogP contribution < -0.4 is 0 Å². The molecule has 0 unspecified atom stereocenters. The lowest BCUT2D eigenvalue weighted by atomic mass is 10.2. The molecule has 1 N–H and O–H groups in total. The Morgan fingerprint density at radius 3 is 2.53 bits per heavy atom. The first kappa shape index (κ1) is 15.4. The minimum absolute atomic E-state index is 0.0154. The van der Waals surface area contributed by atoms with Crippen LogP contribution in [0.15, 0.2) is 18.3 Å². The lowest BCUT2D eigenvalue weighted by Gasteiger charge is -2.22. The monoisotopic (exact) mass is 276 g/mol. The summed E-state index contributed by atoms with van der Waals surface area (Å²) < 4.78 is 37.1. The maximum absolute atomic E-state index is 12.4. The van der Waals surface area contributed by atoms with Crippen molar-refractivity contribution in [3.05, 3.63) is 29.6 Å². The molecule has 0 spiro atoms. The molecule has 1 aromatic rings. The first-order chi connectivity index (χ1) is 8.81. The Balaban J connectivity index is 2.70. The third-order valence-electron chi connectivity index (χ3n) is 2.40. The van der Waals surface area contributed by atoms with E-state index in [4.69, 9.17) is 5.11 Å². The minimum Gasteiger partial charge on any atom is -0.478 e. The van der Waals surface area contributed by atoms with Gasteiger partial charge in [-0.05, 0) is 25.1 Å². The van der Waals surface area contributed by atoms with Gasteiger partial charge in [-0.3, -0.25) is 9.88 Å². The smallest absolute Gasteiger partial charge is 0.401 e. The fraction of sp³-hybridized carbons (Fsp3) is 0.500. The second kappa shape index (κ2) is 6.51. The van der Waals surface area contributed by atoms with Crippen LogP contribution in [0.3, 0.4) is 0 Å². The lowest BCUT2D eigenvalue weighted by molar-refractivity contribution is -0.147. The van der Waals surface area contributed by atoms with Gasteiger partial charge in [0.25, 0.3) is 0 Å². The molecular weight excluding hydrogens is 261 g/mol. The van der Waals surface area contributed by atoms with Crippen molar-refractivity contribution >= 4 is 5.97 Å². The largest absolute Gasteiger partial charge is 0.478 e. The highest BCUT2D eigenvalue weighted by molar-refractivity contribution is 5.87. The standard InChI is InChI=1S/C12H15F3N2O2/c1-2-5-17(8-12(13,14)15)7-10-4-3-9(6-16-10)11(18)19/h3-4,6H,2,5,7-8H2,1H3,(H,18,19). The number of hydrogen-bond donors (Lipinski definition) is 1. The van der Waals surface area contributed by atoms with E-state index in [2.05, 4.69) is 4.98 Å². The van der Waals surface area contributed by atoms with E-state index in [1.54, 1.807) is 6.92 Å². The van der Waals surface area contributed by atoms with Crippen molar-refractivity contribution in [2.45, 2.75) is 26.1 Å². The summed E-state index contributed by atoms with van der Waals surface area (Å²) in [5, 5.41) is 8.70. The Morgan fingerprint density at radius 2 is 2.11 bits per heavy atom. The van der Waals surface area contributed by atoms with Gasteiger partial charge in [0.2, 0.25) is 0 Å². The Morgan fingerprint density at radius 1 is 1.42 bits per heavy atom. The molecule has 0 aliphatic rings. The molecule has 0 fully saturated rings. The third-order valence-corrected chi connectivity index (χ3v) is 2.40. The number of carboxylic acid groups (broad SMARTS) is 1. The number of rotatable bonds is 6. The molecule has 19 heavy (non-hydrogen) atoms. The summed E-state index contributed by atoms with van der Waals surface area (Å²) in [5.74, 6) is -1.11. The zero-order valence-electron chi connectivity index (χ0n) is 10.4. The summed E-state index contributed by atoms with van der Waals surface area (Å²) in [6.07, 6.45) is -2.51. The normalized spacial score (nSPS) is 11.8. The zero-order valence-corrected chi connectivity index (χ0v) is 10.4. The van der Waals surface area contributed by atoms with E-state index in [0.717, 1.165) is 6.20 Å². The van der Waals surface area contributed by atoms with Crippen LogP contribution in [-0.2, 0) is 6.54 Å². The summed E-state index contributed by atoms with van der Waals surface area (Å²) in [4.78, 5) is 15.7. The fourth-order valence-electron chi connectivity index (χ4n) is 1.66. The van der Waals surface area contributed by atoms with Gasteiger partial charge in [0.05, 0.1) is 17.8 Å². The van der Waals surface area contributed by atoms with Gasteiger partial charge in [-0.1, -0.05) is 6.92 Å². The van der Waals surface area contributed by atoms with Crippen molar-refractivity contribution in [3.63, 3.8) is 0 Å². The third kappa shape index (κ3) is 5.69. The molecule has 0 atom stereocenters. The van der Waals surface area contributed by atoms with E-state index in [0.29, 0.717) is 18.7 Å². The molecular formula is C12H15F3N2O2. The molecule has 4 nitrogen and oxygen atoms in total. The predicted molar refractivity (Wildman–Crippen MR) is 62.8 cm³/mol. The average molecular weight is 276 g/mol. The van der Waals surface area contributed by atoms with Gasteiger partial charge in [0.15, 0.2) is 0 Å². The molecule has 1 heterocycles. The van der Waals surface area contributed by atoms with Gasteiger partial charge in [0.1, 0.15) is 0 Å². The summed E-state index contributed by atoms with van der Waals surface area (Å²) in [7, 11) is 0. The Labute approximate surface area is 108 Å². The number of alkyl halides is 3. The van der Waals surface area contributed by atoms with Crippen molar-refractivity contribution in [1.82, 2.24) is 9.88 Å². The number of carbonyl (C=O) groups is 1. The fourth-order valence-corrected chi connectivity index (χ4v) is 1.66. The number of halogens is 3. The summed E-state index contributed by atoms with van der Waals surface area (Å²) in [6.45, 7) is 1.16. The molecule has 7 heteroatoms. The molecule has 0 bridgehead atoms. The number of pyridine rings is 1. The molecule has 0 saturated heterocycles. The highest BCUT2D eigenvalue weighted by Crippen LogP contribution is 2.18. The molecule has 1 aromatic heterocycles. The van der Waals surface area contributed by atoms with Gasteiger partial charge < -0.3 is 5.11 Å². The van der Waals surface area contributed by atoms with Crippen LogP contribution in [-0.4, -0.2) is 40.2 Å². The van der Waals surface area contributed by atoms with Gasteiger partial charge >= 0.3 is 12.1 Å². The topological polar surface area (TPSA) is 53.4 Å². The van der Waals surface area contributed by atoms with E-state index in [-0.39, 0.29) is 12.1 Å². The highest BCUT2D eigenvalue weighted by Gasteiger charge is 2.30. The Bertz CT molecular complexity index is 418. The Kier molecular flexibility index (Phi) is 5.29. The SMILES string of the molecule is CCCN(Cc1ccc(C(=O)O)cn1)CC(F)(F)F. The van der Waals surface area contributed by atoms with Crippen LogP contribution >= 0.6 is 0 Å². The van der Waals surface area contributed by atoms with Crippen LogP contribution in [0.1, 0.15) is 29.4 Å². The molecule has 0 radical (unpaired) electrons. The molecule has 0 amide bonds. The molecule has 0 saturated carbocycles. The molecule has 0 aromatic carbocycles. The average Bonchev–Trinajstić information content (AvgIpc) is 2.27. The zero-order chi connectivity index (χ0) is 14.5. The lowest BCUT2D eigenvalue weighted by Crippen LogP contribution is -2.34. The van der Waals surface area contributed by atoms with Gasteiger partial charge in [0, 0.05) is 12.7 Å². The number of aromatic nitrogens is 1.